The van der Waals surface area contributed by atoms with Crippen molar-refractivity contribution >= 4 is 5.97 Å². The number of nitrogens with one attached hydrogen (secondary N) is 1. The number of unbranched alkanes of at least 4 members (excludes halogenated alkanes) is 3. The lowest BCUT2D eigenvalue weighted by Gasteiger charge is -2.27. The zero-order chi connectivity index (χ0) is 19.5. The molecule has 1 unspecified atom stereocenters. The molecule has 5 atom stereocenters. The molecule has 0 saturated carbocycles. The third kappa shape index (κ3) is 7.92. The van der Waals surface area contributed by atoms with Crippen LogP contribution in [0.2, 0.25) is 0 Å². The van der Waals surface area contributed by atoms with E-state index in [-0.39, 0.29) is 12.5 Å². The lowest BCUT2D eigenvalue weighted by Crippen LogP contribution is -2.33. The maximum Gasteiger partial charge on any atom is 0.303 e. The molecule has 2 rings (SSSR count). The summed E-state index contributed by atoms with van der Waals surface area (Å²) in [4.78, 5) is 10.5. The lowest BCUT2D eigenvalue weighted by atomic mass is 9.76. The van der Waals surface area contributed by atoms with Gasteiger partial charge < -0.3 is 20.3 Å². The van der Waals surface area contributed by atoms with E-state index >= 15 is 0 Å². The number of hydrogen-bond donors (Lipinski definition) is 3. The summed E-state index contributed by atoms with van der Waals surface area (Å²) >= 11 is 0. The predicted molar refractivity (Wildman–Crippen MR) is 108 cm³/mol. The molecule has 156 valence electrons. The van der Waals surface area contributed by atoms with Gasteiger partial charge in [-0.2, -0.15) is 0 Å². The summed E-state index contributed by atoms with van der Waals surface area (Å²) in [5, 5.41) is 22.1. The second kappa shape index (κ2) is 12.5. The monoisotopic (exact) mass is 381 g/mol. The number of aliphatic carboxylic acids is 1. The Kier molecular flexibility index (Phi) is 10.4. The Balaban J connectivity index is 1.63. The fraction of sp³-hybridized carbons (Fsp3) is 0.864. The van der Waals surface area contributed by atoms with Gasteiger partial charge >= 0.3 is 5.97 Å². The van der Waals surface area contributed by atoms with Gasteiger partial charge in [-0.15, -0.1) is 0 Å². The number of carboxylic acid groups (broad SMARTS) is 1. The van der Waals surface area contributed by atoms with Crippen LogP contribution in [0.4, 0.5) is 0 Å². The van der Waals surface area contributed by atoms with Gasteiger partial charge in [-0.3, -0.25) is 4.79 Å². The van der Waals surface area contributed by atoms with Gasteiger partial charge in [0.05, 0.1) is 18.3 Å². The molecule has 2 saturated heterocycles. The summed E-state index contributed by atoms with van der Waals surface area (Å²) in [6.45, 7) is 3.82. The number of carboxylic acids is 1. The van der Waals surface area contributed by atoms with Gasteiger partial charge in [-0.05, 0) is 63.3 Å². The van der Waals surface area contributed by atoms with Crippen molar-refractivity contribution in [3.8, 4) is 0 Å². The van der Waals surface area contributed by atoms with Crippen LogP contribution in [-0.2, 0) is 9.53 Å². The number of allylic oxidation sites excluding steroid dienone is 2. The third-order valence-corrected chi connectivity index (χ3v) is 6.10. The van der Waals surface area contributed by atoms with Crippen LogP contribution in [-0.4, -0.2) is 47.6 Å². The highest BCUT2D eigenvalue weighted by Crippen LogP contribution is 2.46. The zero-order valence-corrected chi connectivity index (χ0v) is 16.9. The minimum absolute atomic E-state index is 0.225. The third-order valence-electron chi connectivity index (χ3n) is 6.10. The molecule has 5 nitrogen and oxygen atoms in total. The smallest absolute Gasteiger partial charge is 0.303 e. The molecule has 0 aliphatic carbocycles. The molecule has 0 aromatic heterocycles. The highest BCUT2D eigenvalue weighted by Gasteiger charge is 2.47. The Morgan fingerprint density at radius 3 is 2.70 bits per heavy atom. The maximum atomic E-state index is 10.5. The Labute approximate surface area is 164 Å². The number of aliphatic hydroxyl groups is 1. The summed E-state index contributed by atoms with van der Waals surface area (Å²) in [6.07, 6.45) is 15.7. The van der Waals surface area contributed by atoms with Crippen LogP contribution in [0.1, 0.15) is 77.6 Å². The summed E-state index contributed by atoms with van der Waals surface area (Å²) in [5.74, 6) is 0.487. The minimum atomic E-state index is -0.715. The molecular formula is C22H39NO4. The Morgan fingerprint density at radius 1 is 1.19 bits per heavy atom. The Hall–Kier alpha value is -0.910. The van der Waals surface area contributed by atoms with Crippen LogP contribution < -0.4 is 5.32 Å². The molecular weight excluding hydrogens is 342 g/mol. The van der Waals surface area contributed by atoms with Crippen molar-refractivity contribution in [3.05, 3.63) is 12.2 Å². The molecule has 5 heteroatoms. The van der Waals surface area contributed by atoms with Crippen molar-refractivity contribution in [3.63, 3.8) is 0 Å². The molecule has 0 spiro atoms. The average Bonchev–Trinajstić information content (AvgIpc) is 3.23. The number of carbonyl (C=O) groups is 1. The summed E-state index contributed by atoms with van der Waals surface area (Å²) in [6, 6.07) is 0. The second-order valence-corrected chi connectivity index (χ2v) is 8.25. The van der Waals surface area contributed by atoms with Crippen LogP contribution in [0.3, 0.4) is 0 Å². The fourth-order valence-corrected chi connectivity index (χ4v) is 4.61. The van der Waals surface area contributed by atoms with E-state index in [4.69, 9.17) is 9.84 Å². The molecule has 3 N–H and O–H groups in total. The van der Waals surface area contributed by atoms with Crippen molar-refractivity contribution in [2.45, 2.75) is 95.9 Å². The SMILES string of the molecule is CCCCCC(O)CNCC[C@@H]1[C@@H](CC=CCCCC(=O)O)[C@H]2CC[C@@H]1O2. The first-order valence-electron chi connectivity index (χ1n) is 11.0. The molecule has 2 fully saturated rings. The van der Waals surface area contributed by atoms with Crippen LogP contribution >= 0.6 is 0 Å². The van der Waals surface area contributed by atoms with E-state index in [1.165, 1.54) is 25.7 Å². The van der Waals surface area contributed by atoms with E-state index in [1.54, 1.807) is 0 Å². The minimum Gasteiger partial charge on any atom is -0.481 e. The van der Waals surface area contributed by atoms with Crippen molar-refractivity contribution in [1.29, 1.82) is 0 Å². The molecule has 2 aliphatic rings. The van der Waals surface area contributed by atoms with E-state index in [0.717, 1.165) is 38.6 Å². The van der Waals surface area contributed by atoms with Crippen molar-refractivity contribution in [2.24, 2.45) is 11.8 Å². The van der Waals surface area contributed by atoms with E-state index in [9.17, 15) is 9.90 Å². The average molecular weight is 382 g/mol. The highest BCUT2D eigenvalue weighted by atomic mass is 16.5. The van der Waals surface area contributed by atoms with Gasteiger partial charge in [-0.25, -0.2) is 0 Å². The maximum absolute atomic E-state index is 10.5. The highest BCUT2D eigenvalue weighted by molar-refractivity contribution is 5.66. The van der Waals surface area contributed by atoms with E-state index in [0.29, 0.717) is 37.0 Å². The van der Waals surface area contributed by atoms with Gasteiger partial charge in [-0.1, -0.05) is 38.3 Å². The van der Waals surface area contributed by atoms with Crippen LogP contribution in [0, 0.1) is 11.8 Å². The summed E-state index contributed by atoms with van der Waals surface area (Å²) < 4.78 is 6.16. The Morgan fingerprint density at radius 2 is 1.96 bits per heavy atom. The zero-order valence-electron chi connectivity index (χ0n) is 16.9. The van der Waals surface area contributed by atoms with Gasteiger partial charge in [0.25, 0.3) is 0 Å². The molecule has 2 bridgehead atoms. The molecule has 0 aromatic carbocycles. The molecule has 0 amide bonds. The molecule has 2 heterocycles. The summed E-state index contributed by atoms with van der Waals surface area (Å²) in [5.41, 5.74) is 0. The largest absolute Gasteiger partial charge is 0.481 e. The number of fused-ring (bicyclic) bond motifs is 2. The molecule has 27 heavy (non-hydrogen) atoms. The van der Waals surface area contributed by atoms with Crippen LogP contribution in [0.15, 0.2) is 12.2 Å². The van der Waals surface area contributed by atoms with E-state index in [2.05, 4.69) is 24.4 Å². The normalized spacial score (nSPS) is 28.2. The van der Waals surface area contributed by atoms with Crippen molar-refractivity contribution in [2.75, 3.05) is 13.1 Å². The van der Waals surface area contributed by atoms with Crippen LogP contribution in [0.25, 0.3) is 0 Å². The number of aliphatic hydroxyl groups excluding tert-OH is 1. The topological polar surface area (TPSA) is 78.8 Å². The van der Waals surface area contributed by atoms with Crippen molar-refractivity contribution < 1.29 is 19.7 Å². The number of hydrogen-bond acceptors (Lipinski definition) is 4. The first-order chi connectivity index (χ1) is 13.1. The van der Waals surface area contributed by atoms with Gasteiger partial charge in [0, 0.05) is 13.0 Å². The number of rotatable bonds is 15. The van der Waals surface area contributed by atoms with E-state index in [1.807, 2.05) is 0 Å². The Bertz CT molecular complexity index is 454. The number of ether oxygens (including phenoxy) is 1. The fourth-order valence-electron chi connectivity index (χ4n) is 4.61. The van der Waals surface area contributed by atoms with Gasteiger partial charge in [0.2, 0.25) is 0 Å². The molecule has 0 aromatic rings. The van der Waals surface area contributed by atoms with E-state index < -0.39 is 5.97 Å². The van der Waals surface area contributed by atoms with Gasteiger partial charge in [0.15, 0.2) is 0 Å². The summed E-state index contributed by atoms with van der Waals surface area (Å²) in [7, 11) is 0. The van der Waals surface area contributed by atoms with Crippen LogP contribution in [0.5, 0.6) is 0 Å². The van der Waals surface area contributed by atoms with Gasteiger partial charge in [0.1, 0.15) is 0 Å². The predicted octanol–water partition coefficient (Wildman–Crippen LogP) is 3.90. The standard InChI is InChI=1S/C22H39NO4/c1-2-3-6-9-17(24)16-23-15-14-19-18(20-12-13-21(19)27-20)10-7-4-5-8-11-22(25)26/h4,7,17-21,23-24H,2-3,5-6,8-16H2,1H3,(H,25,26)/t17?,18-,19-,20-,21+/m1/s1. The molecule has 2 aliphatic heterocycles. The van der Waals surface area contributed by atoms with Crippen molar-refractivity contribution in [1.82, 2.24) is 5.32 Å². The molecule has 0 radical (unpaired) electrons. The first-order valence-corrected chi connectivity index (χ1v) is 11.0. The lowest BCUT2D eigenvalue weighted by molar-refractivity contribution is -0.137. The first kappa shape index (κ1) is 22.4. The quantitative estimate of drug-likeness (QED) is 0.296. The second-order valence-electron chi connectivity index (χ2n) is 8.25.